The number of carbonyl (C=O) groups excluding carboxylic acids is 1. The highest BCUT2D eigenvalue weighted by Crippen LogP contribution is 2.00. The van der Waals surface area contributed by atoms with Crippen LogP contribution in [0.3, 0.4) is 0 Å². The summed E-state index contributed by atoms with van der Waals surface area (Å²) in [7, 11) is 0. The highest BCUT2D eigenvalue weighted by Gasteiger charge is 1.91. The summed E-state index contributed by atoms with van der Waals surface area (Å²) in [5.41, 5.74) is 0.962. The van der Waals surface area contributed by atoms with Crippen LogP contribution in [0, 0.1) is 0 Å². The Bertz CT molecular complexity index is 326. The normalized spacial score (nSPS) is 8.80. The minimum Gasteiger partial charge on any atom is -0.432 e. The maximum absolute atomic E-state index is 10.8. The van der Waals surface area contributed by atoms with Crippen molar-refractivity contribution in [2.75, 3.05) is 0 Å². The van der Waals surface area contributed by atoms with Gasteiger partial charge in [-0.3, -0.25) is 0 Å². The van der Waals surface area contributed by atoms with Crippen molar-refractivity contribution < 1.29 is 9.53 Å². The monoisotopic (exact) mass is 202 g/mol. The smallest absolute Gasteiger partial charge is 0.335 e. The molecule has 2 nitrogen and oxygen atoms in total. The average molecular weight is 202 g/mol. The maximum atomic E-state index is 10.8. The number of rotatable bonds is 3. The molecule has 0 spiro atoms. The predicted octanol–water partition coefficient (Wildman–Crippen LogP) is 3.19. The lowest BCUT2D eigenvalue weighted by molar-refractivity contribution is -0.132. The van der Waals surface area contributed by atoms with Gasteiger partial charge in [0.1, 0.15) is 0 Å². The predicted molar refractivity (Wildman–Crippen MR) is 63.0 cm³/mol. The standard InChI is InChI=1S/C11H10O2.C2H4/c1-2-13-11(12)9-8-10-6-4-3-5-7-10;1-2/h2-9H,1H2;1-2H2. The van der Waals surface area contributed by atoms with Gasteiger partial charge in [-0.15, -0.1) is 13.2 Å². The van der Waals surface area contributed by atoms with E-state index in [0.29, 0.717) is 0 Å². The Morgan fingerprint density at radius 3 is 2.33 bits per heavy atom. The van der Waals surface area contributed by atoms with Crippen LogP contribution in [-0.4, -0.2) is 5.97 Å². The Hall–Kier alpha value is -2.09. The topological polar surface area (TPSA) is 26.3 Å². The molecule has 15 heavy (non-hydrogen) atoms. The summed E-state index contributed by atoms with van der Waals surface area (Å²) in [6.07, 6.45) is 4.15. The molecule has 1 rings (SSSR count). The molecule has 0 aliphatic rings. The van der Waals surface area contributed by atoms with Crippen LogP contribution in [0.15, 0.2) is 62.4 Å². The third kappa shape index (κ3) is 6.05. The van der Waals surface area contributed by atoms with E-state index < -0.39 is 5.97 Å². The number of hydrogen-bond donors (Lipinski definition) is 0. The Morgan fingerprint density at radius 1 is 1.20 bits per heavy atom. The zero-order valence-corrected chi connectivity index (χ0v) is 8.56. The van der Waals surface area contributed by atoms with Crippen LogP contribution < -0.4 is 0 Å². The van der Waals surface area contributed by atoms with Crippen LogP contribution in [0.1, 0.15) is 5.56 Å². The van der Waals surface area contributed by atoms with E-state index in [9.17, 15) is 4.79 Å². The van der Waals surface area contributed by atoms with E-state index in [1.54, 1.807) is 6.08 Å². The SMILES string of the molecule is C=C.C=COC(=O)C=Cc1ccccc1. The molecule has 1 aromatic rings. The van der Waals surface area contributed by atoms with Crippen LogP contribution in [-0.2, 0) is 9.53 Å². The third-order valence-corrected chi connectivity index (χ3v) is 1.41. The summed E-state index contributed by atoms with van der Waals surface area (Å²) < 4.78 is 4.50. The van der Waals surface area contributed by atoms with Crippen LogP contribution in [0.2, 0.25) is 0 Å². The van der Waals surface area contributed by atoms with E-state index in [1.807, 2.05) is 30.3 Å². The van der Waals surface area contributed by atoms with E-state index >= 15 is 0 Å². The van der Waals surface area contributed by atoms with Crippen LogP contribution in [0.25, 0.3) is 6.08 Å². The summed E-state index contributed by atoms with van der Waals surface area (Å²) in [5.74, 6) is -0.418. The van der Waals surface area contributed by atoms with Crippen molar-refractivity contribution in [1.82, 2.24) is 0 Å². The fraction of sp³-hybridized carbons (Fsp3) is 0. The minimum absolute atomic E-state index is 0.418. The molecule has 0 N–H and O–H groups in total. The minimum atomic E-state index is -0.418. The Balaban J connectivity index is 0.000000921. The molecule has 0 aliphatic heterocycles. The molecule has 1 aromatic carbocycles. The van der Waals surface area contributed by atoms with Crippen LogP contribution >= 0.6 is 0 Å². The Labute approximate surface area is 90.2 Å². The van der Waals surface area contributed by atoms with Crippen molar-refractivity contribution in [2.45, 2.75) is 0 Å². The first-order valence-electron chi connectivity index (χ1n) is 4.37. The molecule has 0 amide bonds. The van der Waals surface area contributed by atoms with Gasteiger partial charge in [-0.2, -0.15) is 0 Å². The Morgan fingerprint density at radius 2 is 1.80 bits per heavy atom. The van der Waals surface area contributed by atoms with Crippen molar-refractivity contribution in [1.29, 1.82) is 0 Å². The molecular weight excluding hydrogens is 188 g/mol. The zero-order valence-electron chi connectivity index (χ0n) is 8.56. The van der Waals surface area contributed by atoms with Gasteiger partial charge < -0.3 is 4.74 Å². The quantitative estimate of drug-likeness (QED) is 0.325. The summed E-state index contributed by atoms with van der Waals surface area (Å²) in [4.78, 5) is 10.8. The molecule has 0 aromatic heterocycles. The average Bonchev–Trinajstić information content (AvgIpc) is 2.31. The molecule has 0 saturated carbocycles. The number of hydrogen-bond acceptors (Lipinski definition) is 2. The highest BCUT2D eigenvalue weighted by atomic mass is 16.5. The van der Waals surface area contributed by atoms with Gasteiger partial charge in [-0.05, 0) is 11.6 Å². The molecule has 0 atom stereocenters. The summed E-state index contributed by atoms with van der Waals surface area (Å²) in [6.45, 7) is 9.28. The first kappa shape index (κ1) is 12.9. The molecule has 2 heteroatoms. The number of ether oxygens (including phenoxy) is 1. The molecule has 0 unspecified atom stereocenters. The molecule has 78 valence electrons. The number of benzene rings is 1. The van der Waals surface area contributed by atoms with Gasteiger partial charge in [0, 0.05) is 6.08 Å². The molecule has 0 heterocycles. The van der Waals surface area contributed by atoms with Crippen molar-refractivity contribution in [2.24, 2.45) is 0 Å². The van der Waals surface area contributed by atoms with Crippen LogP contribution in [0.4, 0.5) is 0 Å². The fourth-order valence-electron chi connectivity index (χ4n) is 0.850. The van der Waals surface area contributed by atoms with Gasteiger partial charge in [0.15, 0.2) is 0 Å². The molecule has 0 aliphatic carbocycles. The second kappa shape index (κ2) is 8.51. The molecule has 0 bridgehead atoms. The van der Waals surface area contributed by atoms with Gasteiger partial charge in [-0.1, -0.05) is 36.9 Å². The number of esters is 1. The van der Waals surface area contributed by atoms with E-state index in [-0.39, 0.29) is 0 Å². The first-order valence-corrected chi connectivity index (χ1v) is 4.37. The zero-order chi connectivity index (χ0) is 11.5. The van der Waals surface area contributed by atoms with Crippen molar-refractivity contribution >= 4 is 12.0 Å². The first-order chi connectivity index (χ1) is 7.33. The van der Waals surface area contributed by atoms with Crippen molar-refractivity contribution in [3.05, 3.63) is 68.0 Å². The van der Waals surface area contributed by atoms with E-state index in [0.717, 1.165) is 11.8 Å². The van der Waals surface area contributed by atoms with Gasteiger partial charge in [-0.25, -0.2) is 4.79 Å². The van der Waals surface area contributed by atoms with E-state index in [2.05, 4.69) is 24.5 Å². The lowest BCUT2D eigenvalue weighted by atomic mass is 10.2. The second-order valence-corrected chi connectivity index (χ2v) is 2.35. The summed E-state index contributed by atoms with van der Waals surface area (Å²) in [5, 5.41) is 0. The summed E-state index contributed by atoms with van der Waals surface area (Å²) in [6, 6.07) is 9.52. The van der Waals surface area contributed by atoms with Gasteiger partial charge in [0.05, 0.1) is 6.26 Å². The van der Waals surface area contributed by atoms with Gasteiger partial charge in [0.25, 0.3) is 0 Å². The highest BCUT2D eigenvalue weighted by molar-refractivity contribution is 5.87. The summed E-state index contributed by atoms with van der Waals surface area (Å²) >= 11 is 0. The molecular formula is C13H14O2. The molecule has 0 fully saturated rings. The lowest BCUT2D eigenvalue weighted by Crippen LogP contribution is -1.92. The fourth-order valence-corrected chi connectivity index (χ4v) is 0.850. The third-order valence-electron chi connectivity index (χ3n) is 1.41. The lowest BCUT2D eigenvalue weighted by Gasteiger charge is -1.91. The van der Waals surface area contributed by atoms with Gasteiger partial charge in [0.2, 0.25) is 0 Å². The number of carbonyl (C=O) groups is 1. The maximum Gasteiger partial charge on any atom is 0.335 e. The van der Waals surface area contributed by atoms with Crippen molar-refractivity contribution in [3.8, 4) is 0 Å². The van der Waals surface area contributed by atoms with E-state index in [1.165, 1.54) is 6.08 Å². The molecule has 0 saturated heterocycles. The second-order valence-electron chi connectivity index (χ2n) is 2.35. The largest absolute Gasteiger partial charge is 0.432 e. The van der Waals surface area contributed by atoms with Gasteiger partial charge >= 0.3 is 5.97 Å². The van der Waals surface area contributed by atoms with Crippen molar-refractivity contribution in [3.63, 3.8) is 0 Å². The van der Waals surface area contributed by atoms with Crippen LogP contribution in [0.5, 0.6) is 0 Å². The molecule has 0 radical (unpaired) electrons. The Kier molecular flexibility index (Phi) is 7.32. The van der Waals surface area contributed by atoms with E-state index in [4.69, 9.17) is 0 Å².